The van der Waals surface area contributed by atoms with Crippen molar-refractivity contribution in [2.24, 2.45) is 7.05 Å². The van der Waals surface area contributed by atoms with Crippen LogP contribution in [0.3, 0.4) is 0 Å². The lowest BCUT2D eigenvalue weighted by Gasteiger charge is -2.15. The summed E-state index contributed by atoms with van der Waals surface area (Å²) in [6.07, 6.45) is 3.61. The predicted molar refractivity (Wildman–Crippen MR) is 119 cm³/mol. The molecular weight excluding hydrogens is 436 g/mol. The topological polar surface area (TPSA) is 148 Å². The number of aliphatic hydroxyl groups excluding tert-OH is 1. The van der Waals surface area contributed by atoms with Gasteiger partial charge >= 0.3 is 0 Å². The van der Waals surface area contributed by atoms with E-state index in [1.165, 1.54) is 19.1 Å². The number of rotatable bonds is 8. The second-order valence-corrected chi connectivity index (χ2v) is 9.22. The number of carbonyl (C=O) groups is 1. The summed E-state index contributed by atoms with van der Waals surface area (Å²) in [5.74, 6) is 0.412. The summed E-state index contributed by atoms with van der Waals surface area (Å²) in [4.78, 5) is 19.9. The number of sulfone groups is 1. The summed E-state index contributed by atoms with van der Waals surface area (Å²) < 4.78 is 31.4. The Morgan fingerprint density at radius 3 is 2.62 bits per heavy atom. The van der Waals surface area contributed by atoms with Gasteiger partial charge < -0.3 is 20.5 Å². The van der Waals surface area contributed by atoms with Crippen molar-refractivity contribution in [3.63, 3.8) is 0 Å². The molecule has 0 aliphatic rings. The Kier molecular flexibility index (Phi) is 6.75. The molecule has 0 aliphatic carbocycles. The van der Waals surface area contributed by atoms with Gasteiger partial charge in [-0.05, 0) is 13.0 Å². The molecule has 0 bridgehead atoms. The molecule has 170 valence electrons. The number of carbonyl (C=O) groups excluding carboxylic acids is 1. The summed E-state index contributed by atoms with van der Waals surface area (Å²) in [6.45, 7) is 2.90. The van der Waals surface area contributed by atoms with Crippen LogP contribution in [0.1, 0.15) is 13.8 Å². The fraction of sp³-hybridized carbons (Fsp3) is 0.300. The van der Waals surface area contributed by atoms with Gasteiger partial charge in [-0.3, -0.25) is 9.48 Å². The number of aromatic nitrogens is 4. The van der Waals surface area contributed by atoms with Crippen LogP contribution in [-0.4, -0.2) is 58.1 Å². The van der Waals surface area contributed by atoms with Crippen molar-refractivity contribution in [2.75, 3.05) is 23.5 Å². The van der Waals surface area contributed by atoms with Crippen molar-refractivity contribution in [2.45, 2.75) is 25.0 Å². The third-order valence-corrected chi connectivity index (χ3v) is 5.08. The van der Waals surface area contributed by atoms with Crippen molar-refractivity contribution in [1.29, 1.82) is 0 Å². The van der Waals surface area contributed by atoms with Crippen molar-refractivity contribution >= 4 is 33.1 Å². The van der Waals surface area contributed by atoms with Gasteiger partial charge in [-0.15, -0.1) is 0 Å². The van der Waals surface area contributed by atoms with Gasteiger partial charge in [-0.1, -0.05) is 0 Å². The molecule has 0 radical (unpaired) electrons. The lowest BCUT2D eigenvalue weighted by molar-refractivity contribution is -0.114. The van der Waals surface area contributed by atoms with Gasteiger partial charge in [0, 0.05) is 56.4 Å². The standard InChI is InChI=1S/C20H24N6O5S/c1-12(27)11-31-14-7-19(24-20(8-14)32(4,29)30)23-17-9-18(22-13(2)28)21-10-15(17)16-5-6-26(3)25-16/h5-10,12,27H,11H2,1-4H3,(H2,21,22,23,24,28)/t12-/m1/s1. The molecule has 12 heteroatoms. The monoisotopic (exact) mass is 460 g/mol. The van der Waals surface area contributed by atoms with E-state index in [4.69, 9.17) is 4.74 Å². The van der Waals surface area contributed by atoms with E-state index >= 15 is 0 Å². The minimum atomic E-state index is -3.64. The van der Waals surface area contributed by atoms with Gasteiger partial charge in [-0.25, -0.2) is 18.4 Å². The van der Waals surface area contributed by atoms with Crippen LogP contribution >= 0.6 is 0 Å². The molecule has 0 saturated carbocycles. The number of ether oxygens (including phenoxy) is 1. The van der Waals surface area contributed by atoms with Crippen LogP contribution in [0.4, 0.5) is 17.3 Å². The molecule has 0 fully saturated rings. The number of pyridine rings is 2. The molecule has 3 aromatic rings. The molecule has 1 amide bonds. The van der Waals surface area contributed by atoms with E-state index in [9.17, 15) is 18.3 Å². The Labute approximate surface area is 185 Å². The van der Waals surface area contributed by atoms with Crippen LogP contribution in [-0.2, 0) is 21.7 Å². The Hall–Kier alpha value is -3.51. The average molecular weight is 461 g/mol. The lowest BCUT2D eigenvalue weighted by Crippen LogP contribution is -2.13. The molecule has 0 unspecified atom stereocenters. The van der Waals surface area contributed by atoms with Crippen LogP contribution in [0.5, 0.6) is 5.75 Å². The maximum atomic E-state index is 12.1. The van der Waals surface area contributed by atoms with Gasteiger partial charge in [0.2, 0.25) is 5.91 Å². The Bertz CT molecular complexity index is 1240. The lowest BCUT2D eigenvalue weighted by atomic mass is 10.1. The summed E-state index contributed by atoms with van der Waals surface area (Å²) in [6, 6.07) is 6.18. The SMILES string of the molecule is CC(=O)Nc1cc(Nc2cc(OC[C@@H](C)O)cc(S(C)(=O)=O)n2)c(-c2ccn(C)n2)cn1. The van der Waals surface area contributed by atoms with Crippen LogP contribution in [0.2, 0.25) is 0 Å². The third kappa shape index (κ3) is 6.02. The fourth-order valence-electron chi connectivity index (χ4n) is 2.74. The van der Waals surface area contributed by atoms with Gasteiger partial charge in [0.25, 0.3) is 0 Å². The Morgan fingerprint density at radius 1 is 1.28 bits per heavy atom. The van der Waals surface area contributed by atoms with Gasteiger partial charge in [0.15, 0.2) is 14.9 Å². The molecular formula is C20H24N6O5S. The maximum Gasteiger partial charge on any atom is 0.222 e. The highest BCUT2D eigenvalue weighted by Crippen LogP contribution is 2.31. The van der Waals surface area contributed by atoms with Crippen LogP contribution in [0, 0.1) is 0 Å². The summed E-state index contributed by atoms with van der Waals surface area (Å²) in [5.41, 5.74) is 1.71. The minimum absolute atomic E-state index is 0.0201. The zero-order valence-electron chi connectivity index (χ0n) is 18.0. The highest BCUT2D eigenvalue weighted by Gasteiger charge is 2.16. The first kappa shape index (κ1) is 23.2. The second kappa shape index (κ2) is 9.32. The van der Waals surface area contributed by atoms with E-state index in [1.54, 1.807) is 43.2 Å². The van der Waals surface area contributed by atoms with E-state index < -0.39 is 15.9 Å². The van der Waals surface area contributed by atoms with Crippen molar-refractivity contribution in [3.05, 3.63) is 36.7 Å². The van der Waals surface area contributed by atoms with Crippen molar-refractivity contribution in [3.8, 4) is 17.0 Å². The normalized spacial score (nSPS) is 12.3. The average Bonchev–Trinajstić information content (AvgIpc) is 3.11. The second-order valence-electron chi connectivity index (χ2n) is 7.25. The molecule has 0 aliphatic heterocycles. The number of hydrogen-bond donors (Lipinski definition) is 3. The minimum Gasteiger partial charge on any atom is -0.491 e. The Balaban J connectivity index is 2.07. The number of amides is 1. The van der Waals surface area contributed by atoms with Crippen molar-refractivity contribution < 1.29 is 23.1 Å². The van der Waals surface area contributed by atoms with Crippen LogP contribution in [0.15, 0.2) is 41.7 Å². The molecule has 0 saturated heterocycles. The zero-order chi connectivity index (χ0) is 23.5. The summed E-state index contributed by atoms with van der Waals surface area (Å²) >= 11 is 0. The summed E-state index contributed by atoms with van der Waals surface area (Å²) in [5, 5.41) is 19.4. The first-order chi connectivity index (χ1) is 15.0. The first-order valence-corrected chi connectivity index (χ1v) is 11.5. The molecule has 3 aromatic heterocycles. The van der Waals surface area contributed by atoms with E-state index in [0.717, 1.165) is 6.26 Å². The first-order valence-electron chi connectivity index (χ1n) is 9.59. The molecule has 11 nitrogen and oxygen atoms in total. The fourth-order valence-corrected chi connectivity index (χ4v) is 3.34. The zero-order valence-corrected chi connectivity index (χ0v) is 18.8. The number of anilines is 3. The summed E-state index contributed by atoms with van der Waals surface area (Å²) in [7, 11) is -1.86. The number of nitrogens with one attached hydrogen (secondary N) is 2. The largest absolute Gasteiger partial charge is 0.491 e. The highest BCUT2D eigenvalue weighted by atomic mass is 32.2. The molecule has 0 aromatic carbocycles. The maximum absolute atomic E-state index is 12.1. The van der Waals surface area contributed by atoms with E-state index in [2.05, 4.69) is 25.7 Å². The van der Waals surface area contributed by atoms with E-state index in [-0.39, 0.29) is 29.1 Å². The Morgan fingerprint density at radius 2 is 2.03 bits per heavy atom. The van der Waals surface area contributed by atoms with Crippen molar-refractivity contribution in [1.82, 2.24) is 19.7 Å². The highest BCUT2D eigenvalue weighted by molar-refractivity contribution is 7.90. The van der Waals surface area contributed by atoms with E-state index in [1.807, 2.05) is 0 Å². The molecule has 32 heavy (non-hydrogen) atoms. The van der Waals surface area contributed by atoms with Crippen LogP contribution < -0.4 is 15.4 Å². The van der Waals surface area contributed by atoms with Gasteiger partial charge in [0.05, 0.1) is 17.5 Å². The quantitative estimate of drug-likeness (QED) is 0.457. The number of aryl methyl sites for hydroxylation is 1. The predicted octanol–water partition coefficient (Wildman–Crippen LogP) is 1.74. The smallest absolute Gasteiger partial charge is 0.222 e. The number of aliphatic hydroxyl groups is 1. The third-order valence-electron chi connectivity index (χ3n) is 4.11. The van der Waals surface area contributed by atoms with Gasteiger partial charge in [-0.2, -0.15) is 5.10 Å². The molecule has 3 N–H and O–H groups in total. The number of hydrogen-bond acceptors (Lipinski definition) is 9. The molecule has 3 heterocycles. The molecule has 0 spiro atoms. The molecule has 3 rings (SSSR count). The van der Waals surface area contributed by atoms with E-state index in [0.29, 0.717) is 22.8 Å². The number of nitrogens with zero attached hydrogens (tertiary/aromatic N) is 4. The molecule has 1 atom stereocenters. The van der Waals surface area contributed by atoms with Gasteiger partial charge in [0.1, 0.15) is 24.0 Å². The van der Waals surface area contributed by atoms with Crippen LogP contribution in [0.25, 0.3) is 11.3 Å².